The summed E-state index contributed by atoms with van der Waals surface area (Å²) in [6.07, 6.45) is 0.417. The fourth-order valence-electron chi connectivity index (χ4n) is 3.14. The van der Waals surface area contributed by atoms with E-state index in [1.54, 1.807) is 6.92 Å². The monoisotopic (exact) mass is 397 g/mol. The van der Waals surface area contributed by atoms with Gasteiger partial charge in [-0.2, -0.15) is 8.78 Å². The van der Waals surface area contributed by atoms with Crippen molar-refractivity contribution in [3.05, 3.63) is 58.9 Å². The number of aliphatic hydroxyl groups excluding tert-OH is 1. The third-order valence-corrected chi connectivity index (χ3v) is 5.07. The molecule has 0 aliphatic heterocycles. The summed E-state index contributed by atoms with van der Waals surface area (Å²) in [6.45, 7) is 3.37. The Balaban J connectivity index is 2.57. The Morgan fingerprint density at radius 2 is 1.81 bits per heavy atom. The van der Waals surface area contributed by atoms with Crippen molar-refractivity contribution in [2.45, 2.75) is 37.6 Å². The van der Waals surface area contributed by atoms with Crippen LogP contribution < -0.4 is 11.1 Å². The number of nitrogens with one attached hydrogen (secondary N) is 2. The molecule has 2 aromatic carbocycles. The number of hydrogen-bond donors (Lipinski definition) is 4. The van der Waals surface area contributed by atoms with Crippen LogP contribution in [-0.4, -0.2) is 17.4 Å². The number of rotatable bonds is 7. The first-order valence-electron chi connectivity index (χ1n) is 8.38. The van der Waals surface area contributed by atoms with E-state index in [4.69, 9.17) is 11.1 Å². The lowest BCUT2D eigenvalue weighted by atomic mass is 9.81. The van der Waals surface area contributed by atoms with Crippen LogP contribution in [0.1, 0.15) is 37.0 Å². The minimum atomic E-state index is -3.06. The molecule has 3 atom stereocenters. The van der Waals surface area contributed by atoms with Crippen molar-refractivity contribution in [2.24, 2.45) is 0 Å². The van der Waals surface area contributed by atoms with Crippen LogP contribution in [0, 0.1) is 11.2 Å². The zero-order valence-electron chi connectivity index (χ0n) is 15.1. The first-order chi connectivity index (χ1) is 12.5. The van der Waals surface area contributed by atoms with Crippen LogP contribution in [0.5, 0.6) is 0 Å². The van der Waals surface area contributed by atoms with E-state index in [0.717, 1.165) is 12.3 Å². The van der Waals surface area contributed by atoms with Crippen LogP contribution in [0.4, 0.5) is 24.5 Å². The van der Waals surface area contributed by atoms with Gasteiger partial charge in [-0.3, -0.25) is 0 Å². The van der Waals surface area contributed by atoms with Crippen molar-refractivity contribution in [1.29, 1.82) is 5.41 Å². The summed E-state index contributed by atoms with van der Waals surface area (Å²) in [6, 6.07) is 7.88. The van der Waals surface area contributed by atoms with Gasteiger partial charge < -0.3 is 21.6 Å². The van der Waals surface area contributed by atoms with E-state index < -0.39 is 23.1 Å². The predicted molar refractivity (Wildman–Crippen MR) is 106 cm³/mol. The lowest BCUT2D eigenvalue weighted by molar-refractivity contribution is 0.103. The molecular weight excluding hydrogens is 374 g/mol. The topological polar surface area (TPSA) is 82.1 Å². The van der Waals surface area contributed by atoms with Gasteiger partial charge in [0, 0.05) is 28.7 Å². The minimum Gasteiger partial charge on any atom is -0.398 e. The van der Waals surface area contributed by atoms with E-state index >= 15 is 0 Å². The average molecular weight is 397 g/mol. The van der Waals surface area contributed by atoms with E-state index in [2.05, 4.69) is 5.32 Å². The second kappa shape index (κ2) is 7.87. The summed E-state index contributed by atoms with van der Waals surface area (Å²) < 4.78 is 40.8. The number of nitrogen functional groups attached to an aromatic ring is 1. The van der Waals surface area contributed by atoms with Crippen molar-refractivity contribution in [2.75, 3.05) is 11.1 Å². The molecule has 0 aliphatic rings. The molecule has 0 saturated heterocycles. The Hall–Kier alpha value is -2.11. The summed E-state index contributed by atoms with van der Waals surface area (Å²) in [5.74, 6) is -0.589. The second-order valence-corrected chi connectivity index (χ2v) is 7.15. The molecule has 0 heterocycles. The molecule has 0 fully saturated rings. The van der Waals surface area contributed by atoms with Gasteiger partial charge in [0.1, 0.15) is 5.82 Å². The van der Waals surface area contributed by atoms with Gasteiger partial charge in [-0.1, -0.05) is 40.4 Å². The fourth-order valence-corrected chi connectivity index (χ4v) is 3.33. The largest absolute Gasteiger partial charge is 0.398 e. The van der Waals surface area contributed by atoms with Crippen LogP contribution in [-0.2, 0) is 11.2 Å². The molecule has 0 aromatic heterocycles. The number of nitrogens with two attached hydrogens (primary N) is 1. The quantitative estimate of drug-likeness (QED) is 0.317. The number of aliphatic hydroxyl groups is 1. The SMILES string of the molecule is CCC(Nc1cc(F)cc(N)c1C=N)(c1ccc(C(F)(F)P)cc1)C(C)O. The normalized spacial score (nSPS) is 15.1. The zero-order chi connectivity index (χ0) is 20.4. The van der Waals surface area contributed by atoms with Gasteiger partial charge in [0.15, 0.2) is 0 Å². The molecule has 2 aromatic rings. The highest BCUT2D eigenvalue weighted by atomic mass is 31.0. The van der Waals surface area contributed by atoms with E-state index in [1.165, 1.54) is 39.6 Å². The maximum atomic E-state index is 13.9. The van der Waals surface area contributed by atoms with Crippen molar-refractivity contribution >= 4 is 26.8 Å². The van der Waals surface area contributed by atoms with Gasteiger partial charge in [0.05, 0.1) is 11.6 Å². The molecule has 0 aliphatic carbocycles. The molecule has 3 unspecified atom stereocenters. The number of benzene rings is 2. The average Bonchev–Trinajstić information content (AvgIpc) is 2.58. The van der Waals surface area contributed by atoms with E-state index in [-0.39, 0.29) is 22.5 Å². The molecular formula is C19H23F3N3OP. The fraction of sp³-hybridized carbons (Fsp3) is 0.316. The molecule has 0 bridgehead atoms. The van der Waals surface area contributed by atoms with Crippen molar-refractivity contribution in [3.8, 4) is 0 Å². The van der Waals surface area contributed by atoms with E-state index in [9.17, 15) is 18.3 Å². The van der Waals surface area contributed by atoms with Gasteiger partial charge in [-0.25, -0.2) is 4.39 Å². The maximum Gasteiger partial charge on any atom is 0.283 e. The van der Waals surface area contributed by atoms with Crippen LogP contribution in [0.2, 0.25) is 0 Å². The first kappa shape index (κ1) is 21.2. The van der Waals surface area contributed by atoms with Gasteiger partial charge in [0.25, 0.3) is 5.66 Å². The lowest BCUT2D eigenvalue weighted by Crippen LogP contribution is -2.45. The van der Waals surface area contributed by atoms with Gasteiger partial charge >= 0.3 is 0 Å². The molecule has 0 radical (unpaired) electrons. The molecule has 27 heavy (non-hydrogen) atoms. The van der Waals surface area contributed by atoms with Gasteiger partial charge in [-0.05, 0) is 31.0 Å². The molecule has 2 rings (SSSR count). The Kier molecular flexibility index (Phi) is 6.17. The Morgan fingerprint density at radius 1 is 1.26 bits per heavy atom. The summed E-state index contributed by atoms with van der Waals surface area (Å²) in [5, 5.41) is 21.2. The highest BCUT2D eigenvalue weighted by molar-refractivity contribution is 7.17. The number of alkyl halides is 2. The molecule has 8 heteroatoms. The predicted octanol–water partition coefficient (Wildman–Crippen LogP) is 4.43. The summed E-state index contributed by atoms with van der Waals surface area (Å²) >= 11 is 0. The maximum absolute atomic E-state index is 13.9. The number of halogens is 3. The molecule has 5 N–H and O–H groups in total. The standard InChI is InChI=1S/C19H23F3N3OP/c1-3-18(11(2)26,12-4-6-13(7-5-12)19(21,22)27)25-17-9-14(20)8-16(24)15(17)10-23/h4-11,23,25-26H,3,24,27H2,1-2H3. The third-order valence-electron chi connectivity index (χ3n) is 4.73. The van der Waals surface area contributed by atoms with Crippen LogP contribution in [0.15, 0.2) is 36.4 Å². The Morgan fingerprint density at radius 3 is 2.26 bits per heavy atom. The van der Waals surface area contributed by atoms with Gasteiger partial charge in [-0.15, -0.1) is 0 Å². The summed E-state index contributed by atoms with van der Waals surface area (Å²) in [4.78, 5) is 0. The summed E-state index contributed by atoms with van der Waals surface area (Å²) in [7, 11) is 1.48. The third kappa shape index (κ3) is 4.25. The zero-order valence-corrected chi connectivity index (χ0v) is 16.2. The number of hydrogen-bond acceptors (Lipinski definition) is 4. The van der Waals surface area contributed by atoms with E-state index in [1.807, 2.05) is 6.92 Å². The summed E-state index contributed by atoms with van der Waals surface area (Å²) in [5.41, 5.74) is 2.63. The molecule has 0 spiro atoms. The van der Waals surface area contributed by atoms with Crippen LogP contribution in [0.25, 0.3) is 0 Å². The van der Waals surface area contributed by atoms with Crippen LogP contribution >= 0.6 is 9.24 Å². The van der Waals surface area contributed by atoms with E-state index in [0.29, 0.717) is 12.0 Å². The van der Waals surface area contributed by atoms with Crippen molar-refractivity contribution in [3.63, 3.8) is 0 Å². The van der Waals surface area contributed by atoms with Crippen molar-refractivity contribution in [1.82, 2.24) is 0 Å². The highest BCUT2D eigenvalue weighted by Gasteiger charge is 2.37. The number of anilines is 2. The minimum absolute atomic E-state index is 0.0843. The molecule has 0 saturated carbocycles. The molecule has 0 amide bonds. The van der Waals surface area contributed by atoms with Crippen molar-refractivity contribution < 1.29 is 18.3 Å². The molecule has 146 valence electrons. The second-order valence-electron chi connectivity index (χ2n) is 6.43. The van der Waals surface area contributed by atoms with Crippen LogP contribution in [0.3, 0.4) is 0 Å². The highest BCUT2D eigenvalue weighted by Crippen LogP contribution is 2.39. The lowest BCUT2D eigenvalue weighted by Gasteiger charge is -2.39. The Bertz CT molecular complexity index is 822. The Labute approximate surface area is 158 Å². The smallest absolute Gasteiger partial charge is 0.283 e. The van der Waals surface area contributed by atoms with Gasteiger partial charge in [0.2, 0.25) is 0 Å². The molecule has 4 nitrogen and oxygen atoms in total. The first-order valence-corrected chi connectivity index (χ1v) is 8.96.